The summed E-state index contributed by atoms with van der Waals surface area (Å²) in [5.74, 6) is 0.861. The highest BCUT2D eigenvalue weighted by Crippen LogP contribution is 2.28. The molecule has 116 valence electrons. The van der Waals surface area contributed by atoms with Crippen LogP contribution in [0.3, 0.4) is 0 Å². The molecule has 3 aromatic rings. The Kier molecular flexibility index (Phi) is 4.20. The minimum Gasteiger partial charge on any atom is -0.497 e. The van der Waals surface area contributed by atoms with Crippen LogP contribution in [0.5, 0.6) is 5.75 Å². The van der Waals surface area contributed by atoms with Gasteiger partial charge in [-0.15, -0.1) is 0 Å². The van der Waals surface area contributed by atoms with Gasteiger partial charge in [0.25, 0.3) is 0 Å². The number of methoxy groups -OCH3 is 1. The van der Waals surface area contributed by atoms with Crippen LogP contribution < -0.4 is 16.2 Å². The molecule has 0 fully saturated rings. The van der Waals surface area contributed by atoms with Gasteiger partial charge in [-0.1, -0.05) is 30.3 Å². The monoisotopic (exact) mass is 304 g/mol. The molecule has 0 saturated heterocycles. The Balaban J connectivity index is 1.96. The average molecular weight is 304 g/mol. The lowest BCUT2D eigenvalue weighted by Gasteiger charge is -2.12. The number of hydrogen-bond acceptors (Lipinski definition) is 3. The molecule has 0 aliphatic rings. The average Bonchev–Trinajstić information content (AvgIpc) is 2.57. The number of benzene rings is 3. The molecule has 0 atom stereocenters. The van der Waals surface area contributed by atoms with Crippen molar-refractivity contribution < 1.29 is 4.74 Å². The van der Waals surface area contributed by atoms with Gasteiger partial charge < -0.3 is 16.2 Å². The Morgan fingerprint density at radius 1 is 0.783 bits per heavy atom. The lowest BCUT2D eigenvalue weighted by atomic mass is 9.94. The fraction of sp³-hybridized carbons (Fsp3) is 0.100. The molecule has 3 aromatic carbocycles. The molecule has 3 nitrogen and oxygen atoms in total. The molecule has 0 amide bonds. The van der Waals surface area contributed by atoms with E-state index in [0.29, 0.717) is 0 Å². The van der Waals surface area contributed by atoms with Gasteiger partial charge in [0.15, 0.2) is 0 Å². The van der Waals surface area contributed by atoms with Gasteiger partial charge in [-0.25, -0.2) is 0 Å². The van der Waals surface area contributed by atoms with Gasteiger partial charge in [0.1, 0.15) is 5.75 Å². The fourth-order valence-corrected chi connectivity index (χ4v) is 2.67. The highest BCUT2D eigenvalue weighted by Gasteiger charge is 2.07. The van der Waals surface area contributed by atoms with Crippen molar-refractivity contribution in [3.8, 4) is 16.9 Å². The van der Waals surface area contributed by atoms with E-state index < -0.39 is 0 Å². The minimum absolute atomic E-state index is 0.765. The molecule has 0 heterocycles. The minimum atomic E-state index is 0.765. The molecule has 23 heavy (non-hydrogen) atoms. The largest absolute Gasteiger partial charge is 0.497 e. The molecule has 0 bridgehead atoms. The van der Waals surface area contributed by atoms with E-state index in [4.69, 9.17) is 16.2 Å². The van der Waals surface area contributed by atoms with Crippen LogP contribution in [0.1, 0.15) is 11.1 Å². The zero-order valence-electron chi connectivity index (χ0n) is 13.1. The zero-order chi connectivity index (χ0) is 16.2. The van der Waals surface area contributed by atoms with Crippen LogP contribution in [-0.2, 0) is 6.42 Å². The maximum atomic E-state index is 5.99. The second-order valence-corrected chi connectivity index (χ2v) is 5.56. The maximum Gasteiger partial charge on any atom is 0.118 e. The van der Waals surface area contributed by atoms with Gasteiger partial charge in [-0.2, -0.15) is 0 Å². The molecular weight excluding hydrogens is 284 g/mol. The second-order valence-electron chi connectivity index (χ2n) is 5.56. The predicted octanol–water partition coefficient (Wildman–Crippen LogP) is 4.12. The molecule has 4 N–H and O–H groups in total. The highest BCUT2D eigenvalue weighted by molar-refractivity contribution is 5.71. The Hall–Kier alpha value is -2.94. The van der Waals surface area contributed by atoms with Crippen LogP contribution in [0.25, 0.3) is 11.1 Å². The van der Waals surface area contributed by atoms with Crippen LogP contribution in [0, 0.1) is 0 Å². The van der Waals surface area contributed by atoms with Gasteiger partial charge in [-0.3, -0.25) is 0 Å². The number of anilines is 2. The van der Waals surface area contributed by atoms with Crippen molar-refractivity contribution in [1.82, 2.24) is 0 Å². The Morgan fingerprint density at radius 3 is 2.09 bits per heavy atom. The number of nitrogen functional groups attached to an aromatic ring is 2. The molecule has 0 unspecified atom stereocenters. The first-order chi connectivity index (χ1) is 11.2. The van der Waals surface area contributed by atoms with Crippen LogP contribution in [0.4, 0.5) is 11.4 Å². The van der Waals surface area contributed by atoms with E-state index >= 15 is 0 Å². The summed E-state index contributed by atoms with van der Waals surface area (Å²) in [6.07, 6.45) is 0.814. The van der Waals surface area contributed by atoms with Gasteiger partial charge in [0.05, 0.1) is 7.11 Å². The molecule has 0 aromatic heterocycles. The van der Waals surface area contributed by atoms with E-state index in [1.54, 1.807) is 7.11 Å². The van der Waals surface area contributed by atoms with Gasteiger partial charge >= 0.3 is 0 Å². The van der Waals surface area contributed by atoms with Gasteiger partial charge in [0.2, 0.25) is 0 Å². The summed E-state index contributed by atoms with van der Waals surface area (Å²) in [5.41, 5.74) is 18.0. The van der Waals surface area contributed by atoms with Crippen molar-refractivity contribution in [3.05, 3.63) is 77.9 Å². The third kappa shape index (κ3) is 3.46. The maximum absolute atomic E-state index is 5.99. The lowest BCUT2D eigenvalue weighted by molar-refractivity contribution is 0.414. The molecule has 0 saturated carbocycles. The van der Waals surface area contributed by atoms with Crippen LogP contribution in [-0.4, -0.2) is 7.11 Å². The van der Waals surface area contributed by atoms with Gasteiger partial charge in [0, 0.05) is 11.4 Å². The summed E-state index contributed by atoms with van der Waals surface area (Å²) in [6.45, 7) is 0. The number of hydrogen-bond donors (Lipinski definition) is 2. The molecule has 0 aliphatic carbocycles. The Bertz CT molecular complexity index is 793. The topological polar surface area (TPSA) is 61.3 Å². The van der Waals surface area contributed by atoms with E-state index in [2.05, 4.69) is 18.2 Å². The third-order valence-electron chi connectivity index (χ3n) is 3.90. The first kappa shape index (κ1) is 15.0. The summed E-state index contributed by atoms with van der Waals surface area (Å²) in [6, 6.07) is 22.1. The Morgan fingerprint density at radius 2 is 1.43 bits per heavy atom. The normalized spacial score (nSPS) is 10.5. The molecule has 0 radical (unpaired) electrons. The fourth-order valence-electron chi connectivity index (χ4n) is 2.67. The smallest absolute Gasteiger partial charge is 0.118 e. The van der Waals surface area contributed by atoms with E-state index in [0.717, 1.165) is 29.1 Å². The van der Waals surface area contributed by atoms with E-state index in [1.807, 2.05) is 48.5 Å². The molecule has 0 aliphatic heterocycles. The van der Waals surface area contributed by atoms with Crippen molar-refractivity contribution >= 4 is 11.4 Å². The summed E-state index contributed by atoms with van der Waals surface area (Å²) in [5, 5.41) is 0. The van der Waals surface area contributed by atoms with Crippen LogP contribution in [0.15, 0.2) is 66.7 Å². The summed E-state index contributed by atoms with van der Waals surface area (Å²) in [7, 11) is 1.67. The Labute approximate surface area is 136 Å². The van der Waals surface area contributed by atoms with E-state index in [9.17, 15) is 0 Å². The van der Waals surface area contributed by atoms with Gasteiger partial charge in [-0.05, 0) is 65.1 Å². The van der Waals surface area contributed by atoms with Crippen molar-refractivity contribution in [2.24, 2.45) is 0 Å². The zero-order valence-corrected chi connectivity index (χ0v) is 13.1. The summed E-state index contributed by atoms with van der Waals surface area (Å²) in [4.78, 5) is 0. The van der Waals surface area contributed by atoms with Crippen molar-refractivity contribution in [3.63, 3.8) is 0 Å². The van der Waals surface area contributed by atoms with Crippen LogP contribution in [0.2, 0.25) is 0 Å². The SMILES string of the molecule is COc1ccc(Cc2cc(N)ccc2-c2ccc(N)cc2)cc1. The lowest BCUT2D eigenvalue weighted by Crippen LogP contribution is -1.96. The summed E-state index contributed by atoms with van der Waals surface area (Å²) >= 11 is 0. The van der Waals surface area contributed by atoms with E-state index in [1.165, 1.54) is 16.7 Å². The van der Waals surface area contributed by atoms with Crippen molar-refractivity contribution in [2.45, 2.75) is 6.42 Å². The number of nitrogens with two attached hydrogens (primary N) is 2. The van der Waals surface area contributed by atoms with Crippen molar-refractivity contribution in [2.75, 3.05) is 18.6 Å². The standard InChI is InChI=1S/C20H20N2O/c1-23-19-9-2-14(3-10-19)12-16-13-18(22)8-11-20(16)15-4-6-17(21)7-5-15/h2-11,13H,12,21-22H2,1H3. The number of rotatable bonds is 4. The van der Waals surface area contributed by atoms with Crippen molar-refractivity contribution in [1.29, 1.82) is 0 Å². The molecule has 0 spiro atoms. The first-order valence-electron chi connectivity index (χ1n) is 7.53. The van der Waals surface area contributed by atoms with E-state index in [-0.39, 0.29) is 0 Å². The molecule has 3 rings (SSSR count). The molecule has 3 heteroatoms. The predicted molar refractivity (Wildman–Crippen MR) is 96.5 cm³/mol. The highest BCUT2D eigenvalue weighted by atomic mass is 16.5. The summed E-state index contributed by atoms with van der Waals surface area (Å²) < 4.78 is 5.21. The quantitative estimate of drug-likeness (QED) is 0.713. The second kappa shape index (κ2) is 6.44. The third-order valence-corrected chi connectivity index (χ3v) is 3.90. The molecular formula is C20H20N2O. The first-order valence-corrected chi connectivity index (χ1v) is 7.53. The number of ether oxygens (including phenoxy) is 1. The van der Waals surface area contributed by atoms with Crippen LogP contribution >= 0.6 is 0 Å².